The molecule has 1 saturated heterocycles. The Morgan fingerprint density at radius 2 is 1.52 bits per heavy atom. The van der Waals surface area contributed by atoms with E-state index in [1.807, 2.05) is 13.8 Å². The molecule has 10 heteroatoms. The maximum atomic E-state index is 12.9. The lowest BCUT2D eigenvalue weighted by molar-refractivity contribution is 0.222. The number of nitrogens with zero attached hydrogens (tertiary/aromatic N) is 1. The van der Waals surface area contributed by atoms with Gasteiger partial charge in [0, 0.05) is 18.8 Å². The van der Waals surface area contributed by atoms with Crippen LogP contribution in [0.4, 0.5) is 5.69 Å². The third-order valence-corrected chi connectivity index (χ3v) is 8.99. The number of hydrogen-bond acceptors (Lipinski definition) is 4. The van der Waals surface area contributed by atoms with Gasteiger partial charge >= 0.3 is 0 Å². The van der Waals surface area contributed by atoms with E-state index < -0.39 is 20.0 Å². The van der Waals surface area contributed by atoms with Crippen molar-refractivity contribution in [2.24, 2.45) is 11.8 Å². The second kappa shape index (κ2) is 8.43. The molecule has 0 saturated carbocycles. The van der Waals surface area contributed by atoms with Gasteiger partial charge in [-0.05, 0) is 54.7 Å². The van der Waals surface area contributed by atoms with E-state index in [2.05, 4.69) is 4.72 Å². The van der Waals surface area contributed by atoms with E-state index in [0.717, 1.165) is 6.42 Å². The van der Waals surface area contributed by atoms with E-state index in [1.165, 1.54) is 46.8 Å². The highest BCUT2D eigenvalue weighted by Gasteiger charge is 2.31. The van der Waals surface area contributed by atoms with Crippen molar-refractivity contribution in [2.75, 3.05) is 17.8 Å². The standard InChI is InChI=1S/C19H22Cl2N2O4S2/c1-13-10-14(2)12-23(11-13)29(26,27)16-8-6-15(7-9-16)22-28(24,25)18-5-3-4-17(20)19(18)21/h3-9,13-14,22H,10-12H2,1-2H3/t13-,14-/m1/s1. The average Bonchev–Trinajstić information content (AvgIpc) is 2.63. The summed E-state index contributed by atoms with van der Waals surface area (Å²) in [5.74, 6) is 0.587. The molecule has 2 atom stereocenters. The minimum Gasteiger partial charge on any atom is -0.280 e. The van der Waals surface area contributed by atoms with Gasteiger partial charge in [-0.3, -0.25) is 4.72 Å². The van der Waals surface area contributed by atoms with E-state index >= 15 is 0 Å². The fraction of sp³-hybridized carbons (Fsp3) is 0.368. The van der Waals surface area contributed by atoms with E-state index in [9.17, 15) is 16.8 Å². The van der Waals surface area contributed by atoms with Gasteiger partial charge in [0.2, 0.25) is 10.0 Å². The van der Waals surface area contributed by atoms with Gasteiger partial charge in [-0.25, -0.2) is 16.8 Å². The number of benzene rings is 2. The van der Waals surface area contributed by atoms with Gasteiger partial charge in [0.25, 0.3) is 10.0 Å². The van der Waals surface area contributed by atoms with Gasteiger partial charge in [-0.2, -0.15) is 4.31 Å². The van der Waals surface area contributed by atoms with Crippen molar-refractivity contribution in [3.05, 3.63) is 52.5 Å². The minimum atomic E-state index is -3.98. The lowest BCUT2D eigenvalue weighted by Gasteiger charge is -2.34. The Bertz CT molecular complexity index is 1090. The molecule has 2 aromatic carbocycles. The van der Waals surface area contributed by atoms with Crippen LogP contribution in [0.2, 0.25) is 10.0 Å². The zero-order chi connectivity index (χ0) is 21.4. The molecule has 1 heterocycles. The molecule has 0 radical (unpaired) electrons. The normalized spacial score (nSPS) is 21.1. The molecule has 0 aromatic heterocycles. The van der Waals surface area contributed by atoms with Crippen LogP contribution in [0.1, 0.15) is 20.3 Å². The molecule has 158 valence electrons. The quantitative estimate of drug-likeness (QED) is 0.689. The molecule has 29 heavy (non-hydrogen) atoms. The number of rotatable bonds is 5. The van der Waals surface area contributed by atoms with Gasteiger partial charge in [0.15, 0.2) is 0 Å². The van der Waals surface area contributed by atoms with Crippen molar-refractivity contribution in [3.8, 4) is 0 Å². The maximum absolute atomic E-state index is 12.9. The molecule has 0 unspecified atom stereocenters. The smallest absolute Gasteiger partial charge is 0.263 e. The van der Waals surface area contributed by atoms with Crippen LogP contribution in [0.3, 0.4) is 0 Å². The van der Waals surface area contributed by atoms with Crippen molar-refractivity contribution < 1.29 is 16.8 Å². The summed E-state index contributed by atoms with van der Waals surface area (Å²) < 4.78 is 55.0. The molecule has 0 spiro atoms. The fourth-order valence-corrected chi connectivity index (χ4v) is 7.05. The number of nitrogens with one attached hydrogen (secondary N) is 1. The summed E-state index contributed by atoms with van der Waals surface area (Å²) in [6.07, 6.45) is 0.999. The first-order valence-electron chi connectivity index (χ1n) is 9.08. The molecule has 1 aliphatic heterocycles. The molecule has 6 nitrogen and oxygen atoms in total. The second-order valence-corrected chi connectivity index (χ2v) is 11.8. The van der Waals surface area contributed by atoms with Crippen LogP contribution in [-0.4, -0.2) is 34.2 Å². The van der Waals surface area contributed by atoms with Gasteiger partial charge in [-0.1, -0.05) is 43.1 Å². The van der Waals surface area contributed by atoms with E-state index in [1.54, 1.807) is 0 Å². The number of anilines is 1. The van der Waals surface area contributed by atoms with E-state index in [4.69, 9.17) is 23.2 Å². The van der Waals surface area contributed by atoms with Crippen LogP contribution in [0.15, 0.2) is 52.3 Å². The predicted molar refractivity (Wildman–Crippen MR) is 115 cm³/mol. The Morgan fingerprint density at radius 3 is 2.10 bits per heavy atom. The molecular formula is C19H22Cl2N2O4S2. The SMILES string of the molecule is C[C@@H]1C[C@@H](C)CN(S(=O)(=O)c2ccc(NS(=O)(=O)c3cccc(Cl)c3Cl)cc2)C1. The lowest BCUT2D eigenvalue weighted by Crippen LogP contribution is -2.42. The van der Waals surface area contributed by atoms with Crippen LogP contribution >= 0.6 is 23.2 Å². The Balaban J connectivity index is 1.82. The summed E-state index contributed by atoms with van der Waals surface area (Å²) in [4.78, 5) is -0.0257. The average molecular weight is 477 g/mol. The van der Waals surface area contributed by atoms with Crippen LogP contribution in [0.25, 0.3) is 0 Å². The molecule has 1 N–H and O–H groups in total. The first-order valence-corrected chi connectivity index (χ1v) is 12.8. The van der Waals surface area contributed by atoms with Crippen molar-refractivity contribution in [1.29, 1.82) is 0 Å². The van der Waals surface area contributed by atoms with Gasteiger partial charge in [-0.15, -0.1) is 0 Å². The number of sulfonamides is 2. The highest BCUT2D eigenvalue weighted by Crippen LogP contribution is 2.31. The molecule has 2 aromatic rings. The van der Waals surface area contributed by atoms with Gasteiger partial charge in [0.1, 0.15) is 4.90 Å². The highest BCUT2D eigenvalue weighted by molar-refractivity contribution is 7.92. The summed E-state index contributed by atoms with van der Waals surface area (Å²) >= 11 is 11.9. The molecular weight excluding hydrogens is 455 g/mol. The number of halogens is 2. The first kappa shape index (κ1) is 22.4. The summed E-state index contributed by atoms with van der Waals surface area (Å²) in [5.41, 5.74) is 0.223. The van der Waals surface area contributed by atoms with Crippen LogP contribution < -0.4 is 4.72 Å². The van der Waals surface area contributed by atoms with Gasteiger partial charge in [0.05, 0.1) is 14.9 Å². The minimum absolute atomic E-state index is 0.0748. The molecule has 3 rings (SSSR count). The molecule has 0 aliphatic carbocycles. The van der Waals surface area contributed by atoms with E-state index in [0.29, 0.717) is 24.9 Å². The molecule has 0 bridgehead atoms. The third kappa shape index (κ3) is 4.88. The predicted octanol–water partition coefficient (Wildman–Crippen LogP) is 4.46. The van der Waals surface area contributed by atoms with Crippen molar-refractivity contribution >= 4 is 48.9 Å². The van der Waals surface area contributed by atoms with Crippen molar-refractivity contribution in [2.45, 2.75) is 30.1 Å². The summed E-state index contributed by atoms with van der Waals surface area (Å²) in [5, 5.41) is 0.0511. The Kier molecular flexibility index (Phi) is 6.50. The lowest BCUT2D eigenvalue weighted by atomic mass is 9.94. The number of piperidine rings is 1. The van der Waals surface area contributed by atoms with Crippen molar-refractivity contribution in [1.82, 2.24) is 4.31 Å². The Hall–Kier alpha value is -1.32. The fourth-order valence-electron chi connectivity index (χ4n) is 3.55. The molecule has 1 aliphatic rings. The maximum Gasteiger partial charge on any atom is 0.263 e. The van der Waals surface area contributed by atoms with Crippen LogP contribution in [-0.2, 0) is 20.0 Å². The van der Waals surface area contributed by atoms with Crippen LogP contribution in [0.5, 0.6) is 0 Å². The van der Waals surface area contributed by atoms with Crippen LogP contribution in [0, 0.1) is 11.8 Å². The van der Waals surface area contributed by atoms with Crippen molar-refractivity contribution in [3.63, 3.8) is 0 Å². The molecule has 0 amide bonds. The first-order chi connectivity index (χ1) is 13.5. The zero-order valence-electron chi connectivity index (χ0n) is 16.0. The monoisotopic (exact) mass is 476 g/mol. The highest BCUT2D eigenvalue weighted by atomic mass is 35.5. The third-order valence-electron chi connectivity index (χ3n) is 4.79. The Morgan fingerprint density at radius 1 is 0.931 bits per heavy atom. The largest absolute Gasteiger partial charge is 0.280 e. The van der Waals surface area contributed by atoms with Gasteiger partial charge < -0.3 is 0 Å². The Labute approximate surface area is 181 Å². The summed E-state index contributed by atoms with van der Waals surface area (Å²) in [6, 6.07) is 9.95. The summed E-state index contributed by atoms with van der Waals surface area (Å²) in [6.45, 7) is 5.04. The molecule has 1 fully saturated rings. The van der Waals surface area contributed by atoms with E-state index in [-0.39, 0.29) is 25.5 Å². The summed E-state index contributed by atoms with van der Waals surface area (Å²) in [7, 11) is -7.61. The second-order valence-electron chi connectivity index (χ2n) is 7.45. The number of hydrogen-bond donors (Lipinski definition) is 1. The zero-order valence-corrected chi connectivity index (χ0v) is 19.1. The topological polar surface area (TPSA) is 83.6 Å².